The molecule has 1 aliphatic heterocycles. The zero-order chi connectivity index (χ0) is 22.4. The summed E-state index contributed by atoms with van der Waals surface area (Å²) in [6.45, 7) is 8.04. The van der Waals surface area contributed by atoms with Crippen molar-refractivity contribution >= 4 is 16.0 Å². The number of sulfonamides is 1. The van der Waals surface area contributed by atoms with Crippen LogP contribution in [0.5, 0.6) is 5.75 Å². The summed E-state index contributed by atoms with van der Waals surface area (Å²) in [5, 5.41) is 8.85. The molecule has 2 rings (SSSR count). The van der Waals surface area contributed by atoms with Crippen LogP contribution in [-0.2, 0) is 19.6 Å². The lowest BCUT2D eigenvalue weighted by molar-refractivity contribution is -0.158. The summed E-state index contributed by atoms with van der Waals surface area (Å²) in [6, 6.07) is 4.19. The molecule has 1 fully saturated rings. The Morgan fingerprint density at radius 3 is 2.57 bits per heavy atom. The van der Waals surface area contributed by atoms with Crippen molar-refractivity contribution in [2.24, 2.45) is 0 Å². The predicted octanol–water partition coefficient (Wildman–Crippen LogP) is 3.42. The van der Waals surface area contributed by atoms with Gasteiger partial charge in [-0.3, -0.25) is 4.79 Å². The highest BCUT2D eigenvalue weighted by Gasteiger charge is 2.42. The lowest BCUT2D eigenvalue weighted by Crippen LogP contribution is -2.43. The molecule has 170 valence electrons. The van der Waals surface area contributed by atoms with E-state index in [4.69, 9.17) is 14.6 Å². The molecule has 1 atom stereocenters. The van der Waals surface area contributed by atoms with Crippen molar-refractivity contribution in [3.8, 4) is 5.75 Å². The van der Waals surface area contributed by atoms with Crippen molar-refractivity contribution in [2.75, 3.05) is 19.8 Å². The molecule has 0 spiro atoms. The highest BCUT2D eigenvalue weighted by molar-refractivity contribution is 7.89. The quantitative estimate of drug-likeness (QED) is 0.442. The van der Waals surface area contributed by atoms with Crippen LogP contribution in [0.2, 0.25) is 0 Å². The molecule has 1 heterocycles. The summed E-state index contributed by atoms with van der Waals surface area (Å²) in [5.74, 6) is -0.200. The molecule has 0 aromatic heterocycles. The number of hydrogen-bond donors (Lipinski definition) is 1. The molecule has 0 bridgehead atoms. The third-order valence-electron chi connectivity index (χ3n) is 4.88. The SMILES string of the molecule is Cc1ccc(S(=O)(=O)N2CCC[C@H]2C(=O)OC(C)(C)C)c(OCCCCCCO)c1. The van der Waals surface area contributed by atoms with Crippen molar-refractivity contribution in [2.45, 2.75) is 82.8 Å². The first-order valence-corrected chi connectivity index (χ1v) is 12.1. The number of esters is 1. The maximum Gasteiger partial charge on any atom is 0.324 e. The van der Waals surface area contributed by atoms with Crippen molar-refractivity contribution in [3.63, 3.8) is 0 Å². The Labute approximate surface area is 180 Å². The third kappa shape index (κ3) is 6.68. The Morgan fingerprint density at radius 2 is 1.90 bits per heavy atom. The molecule has 1 aliphatic rings. The number of nitrogens with zero attached hydrogens (tertiary/aromatic N) is 1. The molecule has 7 nitrogen and oxygen atoms in total. The largest absolute Gasteiger partial charge is 0.492 e. The average Bonchev–Trinajstić information content (AvgIpc) is 3.14. The minimum Gasteiger partial charge on any atom is -0.492 e. The minimum absolute atomic E-state index is 0.0823. The van der Waals surface area contributed by atoms with Gasteiger partial charge >= 0.3 is 5.97 Å². The first-order chi connectivity index (χ1) is 14.1. The van der Waals surface area contributed by atoms with Gasteiger partial charge in [-0.2, -0.15) is 4.31 Å². The van der Waals surface area contributed by atoms with E-state index < -0.39 is 27.6 Å². The van der Waals surface area contributed by atoms with Crippen molar-refractivity contribution in [3.05, 3.63) is 23.8 Å². The average molecular weight is 442 g/mol. The zero-order valence-corrected chi connectivity index (χ0v) is 19.3. The van der Waals surface area contributed by atoms with Crippen LogP contribution in [-0.4, -0.2) is 55.2 Å². The number of rotatable bonds is 10. The molecule has 1 saturated heterocycles. The van der Waals surface area contributed by atoms with Crippen LogP contribution >= 0.6 is 0 Å². The summed E-state index contributed by atoms with van der Waals surface area (Å²) < 4.78 is 39.4. The van der Waals surface area contributed by atoms with E-state index >= 15 is 0 Å². The molecular weight excluding hydrogens is 406 g/mol. The molecule has 1 aromatic carbocycles. The molecule has 1 aromatic rings. The number of hydrogen-bond acceptors (Lipinski definition) is 6. The van der Waals surface area contributed by atoms with Crippen molar-refractivity contribution < 1.29 is 27.8 Å². The Balaban J connectivity index is 2.19. The van der Waals surface area contributed by atoms with Crippen LogP contribution in [0.4, 0.5) is 0 Å². The van der Waals surface area contributed by atoms with E-state index in [1.54, 1.807) is 39.0 Å². The summed E-state index contributed by atoms with van der Waals surface area (Å²) >= 11 is 0. The number of carbonyl (C=O) groups is 1. The van der Waals surface area contributed by atoms with Gasteiger partial charge in [-0.15, -0.1) is 0 Å². The van der Waals surface area contributed by atoms with E-state index in [2.05, 4.69) is 0 Å². The maximum atomic E-state index is 13.4. The number of aliphatic hydroxyl groups excluding tert-OH is 1. The number of ether oxygens (including phenoxy) is 2. The molecule has 0 aliphatic carbocycles. The van der Waals surface area contributed by atoms with E-state index in [1.165, 1.54) is 4.31 Å². The molecule has 0 saturated carbocycles. The Hall–Kier alpha value is -1.64. The van der Waals surface area contributed by atoms with Gasteiger partial charge in [0.25, 0.3) is 0 Å². The summed E-state index contributed by atoms with van der Waals surface area (Å²) in [6.07, 6.45) is 4.39. The Bertz CT molecular complexity index is 815. The normalized spacial score (nSPS) is 17.8. The van der Waals surface area contributed by atoms with E-state index in [9.17, 15) is 13.2 Å². The Kier molecular flexibility index (Phi) is 8.70. The number of benzene rings is 1. The smallest absolute Gasteiger partial charge is 0.324 e. The molecular formula is C22H35NO6S. The minimum atomic E-state index is -3.91. The van der Waals surface area contributed by atoms with Crippen molar-refractivity contribution in [1.29, 1.82) is 0 Å². The van der Waals surface area contributed by atoms with Gasteiger partial charge in [0.05, 0.1) is 6.61 Å². The van der Waals surface area contributed by atoms with Crippen LogP contribution in [0.1, 0.15) is 64.9 Å². The van der Waals surface area contributed by atoms with Gasteiger partial charge in [-0.1, -0.05) is 12.5 Å². The summed E-state index contributed by atoms with van der Waals surface area (Å²) in [4.78, 5) is 12.7. The third-order valence-corrected chi connectivity index (χ3v) is 6.83. The molecule has 30 heavy (non-hydrogen) atoms. The van der Waals surface area contributed by atoms with Gasteiger partial charge in [0.2, 0.25) is 10.0 Å². The van der Waals surface area contributed by atoms with Gasteiger partial charge in [-0.05, 0) is 77.5 Å². The van der Waals surface area contributed by atoms with Gasteiger partial charge in [0, 0.05) is 13.2 Å². The van der Waals surface area contributed by atoms with Gasteiger partial charge in [-0.25, -0.2) is 8.42 Å². The number of aliphatic hydroxyl groups is 1. The van der Waals surface area contributed by atoms with Gasteiger partial charge in [0.1, 0.15) is 22.3 Å². The van der Waals surface area contributed by atoms with E-state index in [1.807, 2.05) is 6.92 Å². The van der Waals surface area contributed by atoms with E-state index in [0.29, 0.717) is 25.2 Å². The highest BCUT2D eigenvalue weighted by Crippen LogP contribution is 2.33. The van der Waals surface area contributed by atoms with Crippen LogP contribution in [0.15, 0.2) is 23.1 Å². The molecule has 8 heteroatoms. The van der Waals surface area contributed by atoms with Gasteiger partial charge in [0.15, 0.2) is 0 Å². The number of unbranched alkanes of at least 4 members (excludes halogenated alkanes) is 3. The Morgan fingerprint density at radius 1 is 1.20 bits per heavy atom. The standard InChI is InChI=1S/C22H35NO6S/c1-17-11-12-20(19(16-17)28-15-8-6-5-7-14-24)30(26,27)23-13-9-10-18(23)21(25)29-22(2,3)4/h11-12,16,18,24H,5-10,13-15H2,1-4H3/t18-/m0/s1. The second-order valence-corrected chi connectivity index (χ2v) is 10.6. The lowest BCUT2D eigenvalue weighted by Gasteiger charge is -2.27. The van der Waals surface area contributed by atoms with Crippen molar-refractivity contribution in [1.82, 2.24) is 4.31 Å². The molecule has 0 radical (unpaired) electrons. The summed E-state index contributed by atoms with van der Waals surface area (Å²) in [7, 11) is -3.91. The maximum absolute atomic E-state index is 13.4. The number of carbonyl (C=O) groups excluding carboxylic acids is 1. The van der Waals surface area contributed by atoms with Crippen LogP contribution in [0.3, 0.4) is 0 Å². The van der Waals surface area contributed by atoms with Gasteiger partial charge < -0.3 is 14.6 Å². The van der Waals surface area contributed by atoms with Crippen LogP contribution < -0.4 is 4.74 Å². The second kappa shape index (κ2) is 10.6. The monoisotopic (exact) mass is 441 g/mol. The predicted molar refractivity (Wildman–Crippen MR) is 115 cm³/mol. The highest BCUT2D eigenvalue weighted by atomic mass is 32.2. The molecule has 0 unspecified atom stereocenters. The molecule has 1 N–H and O–H groups in total. The van der Waals surface area contributed by atoms with E-state index in [-0.39, 0.29) is 18.0 Å². The lowest BCUT2D eigenvalue weighted by atomic mass is 10.2. The summed E-state index contributed by atoms with van der Waals surface area (Å²) in [5.41, 5.74) is 0.220. The zero-order valence-electron chi connectivity index (χ0n) is 18.5. The van der Waals surface area contributed by atoms with Crippen LogP contribution in [0.25, 0.3) is 0 Å². The molecule has 0 amide bonds. The second-order valence-electron chi connectivity index (χ2n) is 8.74. The fraction of sp³-hybridized carbons (Fsp3) is 0.682. The number of aryl methyl sites for hydroxylation is 1. The first kappa shape index (κ1) is 24.6. The fourth-order valence-electron chi connectivity index (χ4n) is 3.45. The first-order valence-electron chi connectivity index (χ1n) is 10.7. The van der Waals surface area contributed by atoms with Crippen LogP contribution in [0, 0.1) is 6.92 Å². The topological polar surface area (TPSA) is 93.1 Å². The van der Waals surface area contributed by atoms with E-state index in [0.717, 1.165) is 31.2 Å². The fourth-order valence-corrected chi connectivity index (χ4v) is 5.21.